The molecule has 0 aromatic heterocycles. The molecule has 0 N–H and O–H groups in total. The molecular formula is C148H180. The maximum atomic E-state index is 2.36. The lowest BCUT2D eigenvalue weighted by Crippen LogP contribution is -1.86. The lowest BCUT2D eigenvalue weighted by Gasteiger charge is -2.13. The van der Waals surface area contributed by atoms with Gasteiger partial charge in [0.2, 0.25) is 0 Å². The standard InChI is InChI=1S/3C30H20.C22H16.4C3H8.12C2H6/c1-3-13-25-21(8-1)10-5-15-27(25)24-18-19-28-23(20-24)12-7-17-30(28)29-16-6-11-22-9-2-4-14-26(22)29;1-3-13-25-21(8-1)10-5-15-27(25)24-19-18-23-12-7-17-29(30(23)20-24)28-16-6-11-22-9-2-4-14-26(22)28;1-3-8-24-18-26(15-12-21(24)6-1)27-16-14-23-10-5-11-29(30(23)20-27)28-17-13-22-7-2-4-9-25(22)19-28;1-3-8-17(9-4-1)20-15-14-19-12-7-13-21(22(19)16-20)18-10-5-2-6-11-18;4*1-3-2;12*1-2/h3*1-20H;1-16H;4*3H2,1-2H3;12*1-2H3. The van der Waals surface area contributed by atoms with Crippen molar-refractivity contribution in [1.29, 1.82) is 0 Å². The molecule has 22 rings (SSSR count). The molecule has 0 nitrogen and oxygen atoms in total. The Labute approximate surface area is 898 Å². The van der Waals surface area contributed by atoms with Gasteiger partial charge >= 0.3 is 0 Å². The lowest BCUT2D eigenvalue weighted by molar-refractivity contribution is 1.09. The first-order valence-corrected chi connectivity index (χ1v) is 56.3. The molecule has 0 heteroatoms. The molecule has 0 saturated carbocycles. The van der Waals surface area contributed by atoms with Crippen LogP contribution in [0.2, 0.25) is 0 Å². The molecule has 0 aliphatic heterocycles. The summed E-state index contributed by atoms with van der Waals surface area (Å²) < 4.78 is 0. The van der Waals surface area contributed by atoms with Crippen LogP contribution in [0.5, 0.6) is 0 Å². The zero-order chi connectivity index (χ0) is 109. The van der Waals surface area contributed by atoms with E-state index >= 15 is 0 Å². The summed E-state index contributed by atoms with van der Waals surface area (Å²) >= 11 is 0. The number of rotatable bonds is 8. The molecule has 0 bridgehead atoms. The van der Waals surface area contributed by atoms with Crippen molar-refractivity contribution in [2.45, 2.75) is 247 Å². The van der Waals surface area contributed by atoms with Crippen LogP contribution in [0.4, 0.5) is 0 Å². The summed E-state index contributed by atoms with van der Waals surface area (Å²) in [5.74, 6) is 0. The quantitative estimate of drug-likeness (QED) is 0.142. The van der Waals surface area contributed by atoms with Crippen molar-refractivity contribution in [1.82, 2.24) is 0 Å². The van der Waals surface area contributed by atoms with E-state index in [1.807, 2.05) is 166 Å². The fourth-order valence-corrected chi connectivity index (χ4v) is 16.6. The van der Waals surface area contributed by atoms with Crippen LogP contribution < -0.4 is 0 Å². The van der Waals surface area contributed by atoms with Crippen molar-refractivity contribution >= 4 is 108 Å². The van der Waals surface area contributed by atoms with E-state index in [0.29, 0.717) is 0 Å². The molecule has 148 heavy (non-hydrogen) atoms. The van der Waals surface area contributed by atoms with E-state index in [-0.39, 0.29) is 0 Å². The van der Waals surface area contributed by atoms with E-state index in [2.05, 4.69) is 516 Å². The minimum atomic E-state index is 1.25. The molecule has 0 atom stereocenters. The largest absolute Gasteiger partial charge is 0.0683 e. The molecular weight excluding hydrogens is 1780 g/mol. The Morgan fingerprint density at radius 3 is 0.581 bits per heavy atom. The third kappa shape index (κ3) is 35.9. The molecule has 0 aliphatic carbocycles. The van der Waals surface area contributed by atoms with Gasteiger partial charge in [0, 0.05) is 0 Å². The molecule has 0 spiro atoms. The highest BCUT2D eigenvalue weighted by Crippen LogP contribution is 2.42. The first-order chi connectivity index (χ1) is 73.2. The number of hydrogen-bond acceptors (Lipinski definition) is 0. The third-order valence-corrected chi connectivity index (χ3v) is 22.2. The minimum Gasteiger partial charge on any atom is -0.0683 e. The van der Waals surface area contributed by atoms with E-state index in [0.717, 1.165) is 0 Å². The fraction of sp³-hybridized carbons (Fsp3) is 0.243. The second kappa shape index (κ2) is 76.1. The summed E-state index contributed by atoms with van der Waals surface area (Å²) in [6, 6.07) is 166. The highest BCUT2D eigenvalue weighted by molar-refractivity contribution is 6.11. The Hall–Kier alpha value is -14.6. The van der Waals surface area contributed by atoms with Crippen LogP contribution in [0.1, 0.15) is 247 Å². The van der Waals surface area contributed by atoms with Gasteiger partial charge in [0.05, 0.1) is 0 Å². The van der Waals surface area contributed by atoms with Crippen molar-refractivity contribution in [3.8, 4) is 89.0 Å². The predicted molar refractivity (Wildman–Crippen MR) is 684 cm³/mol. The normalized spacial score (nSPS) is 9.46. The topological polar surface area (TPSA) is 0 Å². The maximum absolute atomic E-state index is 2.36. The van der Waals surface area contributed by atoms with Crippen molar-refractivity contribution < 1.29 is 0 Å². The number of benzene rings is 22. The Morgan fingerprint density at radius 2 is 0.257 bits per heavy atom. The summed E-state index contributed by atoms with van der Waals surface area (Å²) in [5, 5.41) is 25.6. The van der Waals surface area contributed by atoms with Crippen LogP contribution in [0.3, 0.4) is 0 Å². The van der Waals surface area contributed by atoms with Gasteiger partial charge in [-0.05, 0) is 233 Å². The zero-order valence-electron chi connectivity index (χ0n) is 96.7. The van der Waals surface area contributed by atoms with Crippen molar-refractivity contribution in [2.24, 2.45) is 0 Å². The summed E-state index contributed by atoms with van der Waals surface area (Å²) in [4.78, 5) is 0. The van der Waals surface area contributed by atoms with E-state index in [4.69, 9.17) is 0 Å². The van der Waals surface area contributed by atoms with Crippen LogP contribution in [0.25, 0.3) is 197 Å². The Bertz CT molecular complexity index is 7300. The van der Waals surface area contributed by atoms with Crippen molar-refractivity contribution in [3.05, 3.63) is 461 Å². The van der Waals surface area contributed by atoms with Gasteiger partial charge in [-0.3, -0.25) is 0 Å². The maximum Gasteiger partial charge on any atom is -0.00990 e. The van der Waals surface area contributed by atoms with Gasteiger partial charge in [0.15, 0.2) is 0 Å². The van der Waals surface area contributed by atoms with E-state index in [1.54, 1.807) is 0 Å². The van der Waals surface area contributed by atoms with Gasteiger partial charge in [-0.15, -0.1) is 0 Å². The van der Waals surface area contributed by atoms with Gasteiger partial charge in [-0.25, -0.2) is 0 Å². The average Bonchev–Trinajstić information content (AvgIpc) is 0.767. The molecule has 0 amide bonds. The molecule has 0 heterocycles. The zero-order valence-corrected chi connectivity index (χ0v) is 96.7. The van der Waals surface area contributed by atoms with Crippen LogP contribution in [0.15, 0.2) is 461 Å². The summed E-state index contributed by atoms with van der Waals surface area (Å²) in [6.07, 6.45) is 5.00. The minimum absolute atomic E-state index is 1.25. The second-order valence-corrected chi connectivity index (χ2v) is 31.8. The average molecular weight is 1960 g/mol. The van der Waals surface area contributed by atoms with Gasteiger partial charge < -0.3 is 0 Å². The van der Waals surface area contributed by atoms with E-state index < -0.39 is 0 Å². The monoisotopic (exact) mass is 1960 g/mol. The smallest absolute Gasteiger partial charge is 0.00990 e. The molecule has 0 saturated heterocycles. The summed E-state index contributed by atoms with van der Waals surface area (Å²) in [5.41, 5.74) is 20.3. The molecule has 0 aliphatic rings. The van der Waals surface area contributed by atoms with Crippen LogP contribution in [-0.4, -0.2) is 0 Å². The first-order valence-electron chi connectivity index (χ1n) is 56.3. The fourth-order valence-electron chi connectivity index (χ4n) is 16.6. The second-order valence-electron chi connectivity index (χ2n) is 31.8. The SMILES string of the molecule is CC.CC.CC.CC.CC.CC.CC.CC.CC.CC.CC.CC.CCC.CCC.CCC.CCC.c1ccc(-c2ccc3cccc(-c4ccccc4)c3c2)cc1.c1ccc2c(-c3ccc4c(-c5cccc6ccccc56)cccc4c3)cccc2c1.c1ccc2c(-c3ccc4cccc(-c5cccc6ccccc56)c4c3)cccc2c1.c1ccc2cc(-c3ccc4cccc(-c5ccc6ccccc6c5)c4c3)ccc2c1. The van der Waals surface area contributed by atoms with Gasteiger partial charge in [-0.1, -0.05) is 672 Å². The number of fused-ring (bicyclic) bond motifs is 10. The summed E-state index contributed by atoms with van der Waals surface area (Å²) in [6.45, 7) is 65.0. The Balaban J connectivity index is 0.000000460. The van der Waals surface area contributed by atoms with Crippen molar-refractivity contribution in [2.75, 3.05) is 0 Å². The van der Waals surface area contributed by atoms with Gasteiger partial charge in [0.25, 0.3) is 0 Å². The van der Waals surface area contributed by atoms with E-state index in [9.17, 15) is 0 Å². The van der Waals surface area contributed by atoms with Gasteiger partial charge in [0.1, 0.15) is 0 Å². The predicted octanol–water partition coefficient (Wildman–Crippen LogP) is 49.6. The van der Waals surface area contributed by atoms with Crippen LogP contribution in [0, 0.1) is 0 Å². The molecule has 772 valence electrons. The molecule has 0 fully saturated rings. The third-order valence-electron chi connectivity index (χ3n) is 22.2. The first kappa shape index (κ1) is 128. The number of hydrogen-bond donors (Lipinski definition) is 0. The van der Waals surface area contributed by atoms with Crippen molar-refractivity contribution in [3.63, 3.8) is 0 Å². The highest BCUT2D eigenvalue weighted by Gasteiger charge is 2.15. The molecule has 0 unspecified atom stereocenters. The molecule has 22 aromatic rings. The van der Waals surface area contributed by atoms with Crippen LogP contribution in [-0.2, 0) is 0 Å². The highest BCUT2D eigenvalue weighted by atomic mass is 14.2. The van der Waals surface area contributed by atoms with E-state index in [1.165, 1.54) is 222 Å². The molecule has 0 radical (unpaired) electrons. The van der Waals surface area contributed by atoms with Gasteiger partial charge in [-0.2, -0.15) is 0 Å². The Kier molecular flexibility index (Phi) is 65.6. The summed E-state index contributed by atoms with van der Waals surface area (Å²) in [7, 11) is 0. The lowest BCUT2D eigenvalue weighted by atomic mass is 9.91. The molecule has 22 aromatic carbocycles. The van der Waals surface area contributed by atoms with Crippen LogP contribution >= 0.6 is 0 Å². The Morgan fingerprint density at radius 1 is 0.0946 bits per heavy atom.